The summed E-state index contributed by atoms with van der Waals surface area (Å²) in [7, 11) is -6.30. The van der Waals surface area contributed by atoms with Crippen molar-refractivity contribution in [1.29, 1.82) is 0 Å². The van der Waals surface area contributed by atoms with Crippen molar-refractivity contribution >= 4 is 47.1 Å². The van der Waals surface area contributed by atoms with Gasteiger partial charge in [-0.3, -0.25) is 0 Å². The molecule has 3 aromatic rings. The predicted octanol–water partition coefficient (Wildman–Crippen LogP) is 11.7. The van der Waals surface area contributed by atoms with Crippen LogP contribution < -0.4 is 10.4 Å². The molecule has 318 valence electrons. The summed E-state index contributed by atoms with van der Waals surface area (Å²) >= 11 is 0. The third-order valence-electron chi connectivity index (χ3n) is 11.5. The maximum atomic E-state index is 13.2. The molecule has 6 nitrogen and oxygen atoms in total. The molecule has 1 aliphatic heterocycles. The molecule has 3 aromatic carbocycles. The van der Waals surface area contributed by atoms with Gasteiger partial charge >= 0.3 is 5.97 Å². The number of hydrogen-bond acceptors (Lipinski definition) is 6. The molecule has 0 aromatic heterocycles. The van der Waals surface area contributed by atoms with Crippen LogP contribution in [0.15, 0.2) is 97.1 Å². The van der Waals surface area contributed by atoms with Gasteiger partial charge in [0, 0.05) is 14.2 Å². The van der Waals surface area contributed by atoms with Gasteiger partial charge in [-0.2, -0.15) is 0 Å². The van der Waals surface area contributed by atoms with Crippen molar-refractivity contribution in [3.8, 4) is 0 Å². The zero-order valence-corrected chi connectivity index (χ0v) is 41.4. The molecule has 4 rings (SSSR count). The molecule has 1 heterocycles. The van der Waals surface area contributed by atoms with E-state index in [0.717, 1.165) is 17.2 Å². The summed E-state index contributed by atoms with van der Waals surface area (Å²) in [4.78, 5) is 13.2. The van der Waals surface area contributed by atoms with Crippen LogP contribution in [0.2, 0.25) is 48.9 Å². The van der Waals surface area contributed by atoms with E-state index in [-0.39, 0.29) is 40.5 Å². The largest absolute Gasteiger partial charge is 0.462 e. The van der Waals surface area contributed by atoms with Crippen molar-refractivity contribution < 1.29 is 27.9 Å². The van der Waals surface area contributed by atoms with Gasteiger partial charge in [0.05, 0.1) is 24.4 Å². The maximum absolute atomic E-state index is 13.2. The molecule has 0 N–H and O–H groups in total. The lowest BCUT2D eigenvalue weighted by molar-refractivity contribution is -0.151. The normalized spacial score (nSPS) is 19.2. The van der Waals surface area contributed by atoms with Crippen molar-refractivity contribution in [2.75, 3.05) is 6.61 Å². The molecule has 1 saturated heterocycles. The molecule has 1 unspecified atom stereocenters. The quantitative estimate of drug-likeness (QED) is 0.0766. The summed E-state index contributed by atoms with van der Waals surface area (Å²) in [5, 5.41) is 2.43. The molecule has 58 heavy (non-hydrogen) atoms. The minimum atomic E-state index is -2.72. The minimum Gasteiger partial charge on any atom is -0.462 e. The zero-order chi connectivity index (χ0) is 43.2. The van der Waals surface area contributed by atoms with Crippen LogP contribution in [-0.4, -0.2) is 67.5 Å². The van der Waals surface area contributed by atoms with Gasteiger partial charge in [0.25, 0.3) is 8.32 Å². The fourth-order valence-corrected chi connectivity index (χ4v) is 14.0. The Morgan fingerprint density at radius 3 is 1.93 bits per heavy atom. The lowest BCUT2D eigenvalue weighted by Gasteiger charge is -2.44. The van der Waals surface area contributed by atoms with E-state index in [2.05, 4.69) is 160 Å². The van der Waals surface area contributed by atoms with Gasteiger partial charge in [0.15, 0.2) is 14.1 Å². The first-order valence-electron chi connectivity index (χ1n) is 21.3. The summed E-state index contributed by atoms with van der Waals surface area (Å²) in [6.07, 6.45) is 8.85. The highest BCUT2D eigenvalue weighted by molar-refractivity contribution is 6.99. The average Bonchev–Trinajstić information content (AvgIpc) is 3.43. The van der Waals surface area contributed by atoms with Gasteiger partial charge in [-0.05, 0) is 91.8 Å². The Labute approximate surface area is 355 Å². The van der Waals surface area contributed by atoms with E-state index in [0.29, 0.717) is 25.0 Å². The van der Waals surface area contributed by atoms with Gasteiger partial charge in [-0.15, -0.1) is 0 Å². The smallest absolute Gasteiger partial charge is 0.338 e. The van der Waals surface area contributed by atoms with Crippen LogP contribution in [0.25, 0.3) is 6.08 Å². The predicted molar refractivity (Wildman–Crippen MR) is 251 cm³/mol. The first-order chi connectivity index (χ1) is 26.9. The standard InChI is InChI=1S/C49H74O6Si3/c1-37-32-33-42(46(50)51-34-35-56(11,12)13)39(36-37)25-23-30-43-45(53-49(9,10)52-43)44(55-57(14,15)47(3,4)5)31-22-24-38(2)54-58(48(6,7)8,40-26-18-16-19-27-40)41-28-20-17-21-29-41/h16-23,25-29,31-33,36,38,43-45H,24,30,34-35H2,1-15H3/b25-23+,31-22-/t38-,43-,44?,45-/m0/s1. The van der Waals surface area contributed by atoms with Crippen LogP contribution in [0.3, 0.4) is 0 Å². The van der Waals surface area contributed by atoms with Crippen LogP contribution >= 0.6 is 0 Å². The summed E-state index contributed by atoms with van der Waals surface area (Å²) in [6, 6.07) is 28.5. The summed E-state index contributed by atoms with van der Waals surface area (Å²) in [5.41, 5.74) is 2.50. The molecule has 9 heteroatoms. The molecule has 0 saturated carbocycles. The first-order valence-corrected chi connectivity index (χ1v) is 29.8. The minimum absolute atomic E-state index is 0.00556. The third kappa shape index (κ3) is 12.6. The van der Waals surface area contributed by atoms with Crippen molar-refractivity contribution in [1.82, 2.24) is 0 Å². The molecule has 0 amide bonds. The topological polar surface area (TPSA) is 63.2 Å². The van der Waals surface area contributed by atoms with E-state index in [1.165, 1.54) is 10.4 Å². The van der Waals surface area contributed by atoms with E-state index in [1.807, 2.05) is 45.0 Å². The molecule has 4 atom stereocenters. The second kappa shape index (κ2) is 19.2. The van der Waals surface area contributed by atoms with Gasteiger partial charge < -0.3 is 23.1 Å². The van der Waals surface area contributed by atoms with Crippen molar-refractivity contribution in [2.45, 2.75) is 161 Å². The van der Waals surface area contributed by atoms with Crippen molar-refractivity contribution in [3.05, 3.63) is 114 Å². The van der Waals surface area contributed by atoms with Gasteiger partial charge in [0.2, 0.25) is 0 Å². The number of carbonyl (C=O) groups is 1. The van der Waals surface area contributed by atoms with Gasteiger partial charge in [-0.25, -0.2) is 4.79 Å². The molecule has 1 fully saturated rings. The number of aryl methyl sites for hydroxylation is 1. The van der Waals surface area contributed by atoms with Crippen LogP contribution in [-0.2, 0) is 23.1 Å². The number of benzene rings is 3. The first kappa shape index (κ1) is 47.8. The second-order valence-electron chi connectivity index (χ2n) is 20.4. The Morgan fingerprint density at radius 1 is 0.810 bits per heavy atom. The van der Waals surface area contributed by atoms with Crippen LogP contribution in [0.4, 0.5) is 0 Å². The van der Waals surface area contributed by atoms with E-state index < -0.39 is 30.5 Å². The molecule has 0 bridgehead atoms. The van der Waals surface area contributed by atoms with Gasteiger partial charge in [0.1, 0.15) is 6.10 Å². The Balaban J connectivity index is 1.62. The monoisotopic (exact) mass is 842 g/mol. The number of rotatable bonds is 17. The zero-order valence-electron chi connectivity index (χ0n) is 38.4. The molecule has 0 spiro atoms. The molecular formula is C49H74O6Si3. The second-order valence-corrected chi connectivity index (χ2v) is 35.0. The van der Waals surface area contributed by atoms with Crippen LogP contribution in [0.1, 0.15) is 96.6 Å². The number of hydrogen-bond donors (Lipinski definition) is 0. The Morgan fingerprint density at radius 2 is 1.40 bits per heavy atom. The molecule has 0 radical (unpaired) electrons. The summed E-state index contributed by atoms with van der Waals surface area (Å²) in [5.74, 6) is -1.07. The number of esters is 1. The van der Waals surface area contributed by atoms with E-state index >= 15 is 0 Å². The Kier molecular flexibility index (Phi) is 15.8. The Hall–Kier alpha value is -2.90. The third-order valence-corrected chi connectivity index (χ3v) is 22.9. The maximum Gasteiger partial charge on any atom is 0.338 e. The highest BCUT2D eigenvalue weighted by Crippen LogP contribution is 2.41. The van der Waals surface area contributed by atoms with Crippen molar-refractivity contribution in [2.24, 2.45) is 0 Å². The highest BCUT2D eigenvalue weighted by Gasteiger charge is 2.51. The molecule has 0 aliphatic carbocycles. The number of carbonyl (C=O) groups excluding carboxylic acids is 1. The SMILES string of the molecule is Cc1ccc(C(=O)OCC[Si](C)(C)C)c(/C=C/C[C@@H]2OC(C)(C)O[C@@H]2C(/C=C\C[C@H](C)O[Si](c2ccccc2)(c2ccccc2)C(C)(C)C)O[Si](C)(C)C(C)(C)C)c1. The fourth-order valence-electron chi connectivity index (χ4n) is 7.36. The van der Waals surface area contributed by atoms with Crippen LogP contribution in [0, 0.1) is 6.92 Å². The lowest BCUT2D eigenvalue weighted by atomic mass is 10.0. The lowest BCUT2D eigenvalue weighted by Crippen LogP contribution is -2.67. The Bertz CT molecular complexity index is 1790. The molecule has 1 aliphatic rings. The van der Waals surface area contributed by atoms with Crippen LogP contribution in [0.5, 0.6) is 0 Å². The highest BCUT2D eigenvalue weighted by atomic mass is 28.4. The average molecular weight is 843 g/mol. The number of ether oxygens (including phenoxy) is 3. The van der Waals surface area contributed by atoms with E-state index in [4.69, 9.17) is 23.1 Å². The molecular weight excluding hydrogens is 769 g/mol. The van der Waals surface area contributed by atoms with E-state index in [1.54, 1.807) is 0 Å². The van der Waals surface area contributed by atoms with Crippen molar-refractivity contribution in [3.63, 3.8) is 0 Å². The summed E-state index contributed by atoms with van der Waals surface area (Å²) < 4.78 is 33.7. The fraction of sp³-hybridized carbons (Fsp3) is 0.531. The summed E-state index contributed by atoms with van der Waals surface area (Å²) in [6.45, 7) is 33.8. The van der Waals surface area contributed by atoms with E-state index in [9.17, 15) is 4.79 Å². The van der Waals surface area contributed by atoms with Gasteiger partial charge in [-0.1, -0.05) is 164 Å².